The first-order valence-corrected chi connectivity index (χ1v) is 5.79. The molecule has 2 rings (SSSR count). The van der Waals surface area contributed by atoms with E-state index in [9.17, 15) is 4.79 Å². The maximum absolute atomic E-state index is 11.4. The molecular weight excluding hydrogens is 216 g/mol. The van der Waals surface area contributed by atoms with Gasteiger partial charge in [-0.2, -0.15) is 0 Å². The van der Waals surface area contributed by atoms with Crippen LogP contribution in [0, 0.1) is 5.92 Å². The van der Waals surface area contributed by atoms with Gasteiger partial charge in [-0.15, -0.1) is 0 Å². The number of carbonyl (C=O) groups excluding carboxylic acids is 1. The Kier molecular flexibility index (Phi) is 4.33. The highest BCUT2D eigenvalue weighted by Gasteiger charge is 2.16. The summed E-state index contributed by atoms with van der Waals surface area (Å²) in [5.41, 5.74) is 1.00. The molecule has 0 aromatic heterocycles. The lowest BCUT2D eigenvalue weighted by Gasteiger charge is -2.24. The van der Waals surface area contributed by atoms with E-state index in [2.05, 4.69) is 0 Å². The first-order chi connectivity index (χ1) is 8.34. The second kappa shape index (κ2) is 6.21. The maximum atomic E-state index is 11.4. The minimum absolute atomic E-state index is 0.283. The molecule has 17 heavy (non-hydrogen) atoms. The molecule has 0 unspecified atom stereocenters. The van der Waals surface area contributed by atoms with E-state index in [-0.39, 0.29) is 5.97 Å². The zero-order valence-corrected chi connectivity index (χ0v) is 9.67. The minimum Gasteiger partial charge on any atom is -0.458 e. The minimum atomic E-state index is -0.283. The molecule has 3 heteroatoms. The van der Waals surface area contributed by atoms with E-state index in [1.54, 1.807) is 0 Å². The summed E-state index contributed by atoms with van der Waals surface area (Å²) in [6, 6.07) is 9.66. The van der Waals surface area contributed by atoms with Gasteiger partial charge in [0.2, 0.25) is 0 Å². The number of benzene rings is 1. The van der Waals surface area contributed by atoms with E-state index in [0.29, 0.717) is 12.5 Å². The van der Waals surface area contributed by atoms with Crippen LogP contribution in [0.1, 0.15) is 12.0 Å². The van der Waals surface area contributed by atoms with Gasteiger partial charge in [-0.25, -0.2) is 4.79 Å². The fourth-order valence-electron chi connectivity index (χ4n) is 1.55. The molecule has 1 saturated heterocycles. The van der Waals surface area contributed by atoms with Crippen molar-refractivity contribution in [3.8, 4) is 0 Å². The highest BCUT2D eigenvalue weighted by molar-refractivity contribution is 5.81. The van der Waals surface area contributed by atoms with Gasteiger partial charge in [-0.1, -0.05) is 36.4 Å². The standard InChI is InChI=1S/C14H16O3/c15-14(8-4-7-13-9-16-10-13)17-11-12-5-2-1-3-6-12/h1-6,8,13H,7,9-11H2. The third kappa shape index (κ3) is 4.04. The van der Waals surface area contributed by atoms with Crippen molar-refractivity contribution in [2.75, 3.05) is 13.2 Å². The number of carbonyl (C=O) groups is 1. The van der Waals surface area contributed by atoms with E-state index in [4.69, 9.17) is 9.47 Å². The fourth-order valence-corrected chi connectivity index (χ4v) is 1.55. The van der Waals surface area contributed by atoms with Gasteiger partial charge in [0.05, 0.1) is 13.2 Å². The zero-order valence-electron chi connectivity index (χ0n) is 9.67. The molecule has 1 fully saturated rings. The molecule has 3 nitrogen and oxygen atoms in total. The fraction of sp³-hybridized carbons (Fsp3) is 0.357. The van der Waals surface area contributed by atoms with E-state index < -0.39 is 0 Å². The molecule has 0 amide bonds. The molecule has 0 spiro atoms. The third-order valence-electron chi connectivity index (χ3n) is 2.65. The van der Waals surface area contributed by atoms with Gasteiger partial charge >= 0.3 is 5.97 Å². The highest BCUT2D eigenvalue weighted by Crippen LogP contribution is 2.14. The Labute approximate surface area is 101 Å². The van der Waals surface area contributed by atoms with Crippen molar-refractivity contribution in [3.63, 3.8) is 0 Å². The van der Waals surface area contributed by atoms with Crippen LogP contribution in [0.2, 0.25) is 0 Å². The molecule has 1 aliphatic heterocycles. The van der Waals surface area contributed by atoms with Crippen molar-refractivity contribution in [2.24, 2.45) is 5.92 Å². The molecule has 90 valence electrons. The molecule has 0 radical (unpaired) electrons. The van der Waals surface area contributed by atoms with Crippen LogP contribution >= 0.6 is 0 Å². The molecule has 0 bridgehead atoms. The van der Waals surface area contributed by atoms with Crippen LogP contribution in [-0.4, -0.2) is 19.2 Å². The number of rotatable bonds is 5. The Morgan fingerprint density at radius 3 is 2.76 bits per heavy atom. The van der Waals surface area contributed by atoms with Crippen LogP contribution < -0.4 is 0 Å². The predicted molar refractivity (Wildman–Crippen MR) is 64.3 cm³/mol. The average Bonchev–Trinajstić information content (AvgIpc) is 2.31. The zero-order chi connectivity index (χ0) is 11.9. The van der Waals surface area contributed by atoms with Crippen molar-refractivity contribution in [3.05, 3.63) is 48.0 Å². The Morgan fingerprint density at radius 1 is 1.35 bits per heavy atom. The molecule has 1 aromatic carbocycles. The van der Waals surface area contributed by atoms with Crippen LogP contribution in [0.25, 0.3) is 0 Å². The summed E-state index contributed by atoms with van der Waals surface area (Å²) >= 11 is 0. The van der Waals surface area contributed by atoms with Gasteiger partial charge in [0.15, 0.2) is 0 Å². The Morgan fingerprint density at radius 2 is 2.12 bits per heavy atom. The number of esters is 1. The lowest BCUT2D eigenvalue weighted by molar-refractivity contribution is -0.139. The average molecular weight is 232 g/mol. The largest absolute Gasteiger partial charge is 0.458 e. The summed E-state index contributed by atoms with van der Waals surface area (Å²) in [4.78, 5) is 11.4. The summed E-state index contributed by atoms with van der Waals surface area (Å²) in [6.45, 7) is 1.95. The SMILES string of the molecule is O=C(C=CCC1COC1)OCc1ccccc1. The lowest BCUT2D eigenvalue weighted by Crippen LogP contribution is -2.26. The molecule has 1 aromatic rings. The van der Waals surface area contributed by atoms with Crippen LogP contribution in [0.5, 0.6) is 0 Å². The number of ether oxygens (including phenoxy) is 2. The van der Waals surface area contributed by atoms with Gasteiger partial charge < -0.3 is 9.47 Å². The maximum Gasteiger partial charge on any atom is 0.330 e. The van der Waals surface area contributed by atoms with E-state index in [1.165, 1.54) is 6.08 Å². The van der Waals surface area contributed by atoms with E-state index in [1.807, 2.05) is 36.4 Å². The number of hydrogen-bond acceptors (Lipinski definition) is 3. The lowest BCUT2D eigenvalue weighted by atomic mass is 10.0. The van der Waals surface area contributed by atoms with Gasteiger partial charge in [0, 0.05) is 12.0 Å². The third-order valence-corrected chi connectivity index (χ3v) is 2.65. The van der Waals surface area contributed by atoms with Crippen molar-refractivity contribution in [2.45, 2.75) is 13.0 Å². The first kappa shape index (κ1) is 11.9. The van der Waals surface area contributed by atoms with Crippen molar-refractivity contribution in [1.29, 1.82) is 0 Å². The van der Waals surface area contributed by atoms with Crippen LogP contribution in [0.4, 0.5) is 0 Å². The summed E-state index contributed by atoms with van der Waals surface area (Å²) < 4.78 is 10.2. The molecule has 0 aliphatic carbocycles. The summed E-state index contributed by atoms with van der Waals surface area (Å²) in [5, 5.41) is 0. The van der Waals surface area contributed by atoms with E-state index >= 15 is 0 Å². The van der Waals surface area contributed by atoms with Crippen molar-refractivity contribution >= 4 is 5.97 Å². The molecule has 0 saturated carbocycles. The molecule has 1 heterocycles. The van der Waals surface area contributed by atoms with Crippen molar-refractivity contribution in [1.82, 2.24) is 0 Å². The summed E-state index contributed by atoms with van der Waals surface area (Å²) in [7, 11) is 0. The summed E-state index contributed by atoms with van der Waals surface area (Å²) in [5.74, 6) is 0.294. The first-order valence-electron chi connectivity index (χ1n) is 5.79. The molecular formula is C14H16O3. The highest BCUT2D eigenvalue weighted by atomic mass is 16.5. The monoisotopic (exact) mass is 232 g/mol. The number of allylic oxidation sites excluding steroid dienone is 1. The smallest absolute Gasteiger partial charge is 0.330 e. The second-order valence-electron chi connectivity index (χ2n) is 4.13. The predicted octanol–water partition coefficient (Wildman–Crippen LogP) is 2.32. The molecule has 1 aliphatic rings. The van der Waals surface area contributed by atoms with Crippen molar-refractivity contribution < 1.29 is 14.3 Å². The van der Waals surface area contributed by atoms with E-state index in [0.717, 1.165) is 25.2 Å². The topological polar surface area (TPSA) is 35.5 Å². The number of hydrogen-bond donors (Lipinski definition) is 0. The quantitative estimate of drug-likeness (QED) is 0.577. The summed E-state index contributed by atoms with van der Waals surface area (Å²) in [6.07, 6.45) is 4.25. The van der Waals surface area contributed by atoms with Crippen LogP contribution in [0.15, 0.2) is 42.5 Å². The van der Waals surface area contributed by atoms with Gasteiger partial charge in [0.25, 0.3) is 0 Å². The normalized spacial score (nSPS) is 15.8. The van der Waals surface area contributed by atoms with Crippen LogP contribution in [-0.2, 0) is 20.9 Å². The Bertz CT molecular complexity index is 380. The molecule has 0 N–H and O–H groups in total. The Balaban J connectivity index is 1.66. The van der Waals surface area contributed by atoms with Crippen LogP contribution in [0.3, 0.4) is 0 Å². The Hall–Kier alpha value is -1.61. The molecule has 0 atom stereocenters. The van der Waals surface area contributed by atoms with Gasteiger partial charge in [-0.05, 0) is 12.0 Å². The second-order valence-corrected chi connectivity index (χ2v) is 4.13. The van der Waals surface area contributed by atoms with Gasteiger partial charge in [-0.3, -0.25) is 0 Å². The van der Waals surface area contributed by atoms with Gasteiger partial charge in [0.1, 0.15) is 6.61 Å².